The lowest BCUT2D eigenvalue weighted by atomic mass is 9.95. The first-order valence-corrected chi connectivity index (χ1v) is 9.54. The lowest BCUT2D eigenvalue weighted by molar-refractivity contribution is -0.128. The predicted octanol–water partition coefficient (Wildman–Crippen LogP) is 4.34. The lowest BCUT2D eigenvalue weighted by Crippen LogP contribution is -2.34. The van der Waals surface area contributed by atoms with Crippen molar-refractivity contribution in [1.82, 2.24) is 20.1 Å². The summed E-state index contributed by atoms with van der Waals surface area (Å²) in [4.78, 5) is 27.0. The molecule has 0 saturated heterocycles. The summed E-state index contributed by atoms with van der Waals surface area (Å²) in [5, 5.41) is 7.57. The molecule has 0 unspecified atom stereocenters. The molecular formula is C20H19Cl2FN4O2. The average molecular weight is 437 g/mol. The van der Waals surface area contributed by atoms with Gasteiger partial charge in [0.1, 0.15) is 5.82 Å². The van der Waals surface area contributed by atoms with Crippen LogP contribution < -0.4 is 11.0 Å². The number of aromatic nitrogens is 3. The summed E-state index contributed by atoms with van der Waals surface area (Å²) in [7, 11) is 0. The molecule has 0 aliphatic rings. The van der Waals surface area contributed by atoms with Gasteiger partial charge < -0.3 is 5.32 Å². The van der Waals surface area contributed by atoms with Crippen LogP contribution in [0.5, 0.6) is 0 Å². The van der Waals surface area contributed by atoms with Gasteiger partial charge in [-0.2, -0.15) is 4.68 Å². The minimum Gasteiger partial charge on any atom is -0.351 e. The summed E-state index contributed by atoms with van der Waals surface area (Å²) in [6.45, 7) is 5.27. The first kappa shape index (κ1) is 21.1. The fourth-order valence-electron chi connectivity index (χ4n) is 2.55. The topological polar surface area (TPSA) is 79.8 Å². The standard InChI is InChI=1S/C20H19Cl2FN4O2/c1-20(2,3)18(28)24-10-11-8-14(15(22)9-16(11)23)17-25-19(29)27(26-17)13-6-4-12(21)5-7-13/h4-9H,10H2,1-3H3,(H,24,28)(H,25,26,29). The second-order valence-corrected chi connectivity index (χ2v) is 8.37. The van der Waals surface area contributed by atoms with Crippen molar-refractivity contribution in [2.45, 2.75) is 27.3 Å². The van der Waals surface area contributed by atoms with Crippen molar-refractivity contribution in [1.29, 1.82) is 0 Å². The fraction of sp³-hybridized carbons (Fsp3) is 0.250. The van der Waals surface area contributed by atoms with Crippen LogP contribution in [0.3, 0.4) is 0 Å². The van der Waals surface area contributed by atoms with Gasteiger partial charge >= 0.3 is 5.69 Å². The molecule has 0 spiro atoms. The number of halogens is 3. The van der Waals surface area contributed by atoms with Gasteiger partial charge in [-0.25, -0.2) is 9.18 Å². The van der Waals surface area contributed by atoms with Gasteiger partial charge in [0, 0.05) is 28.1 Å². The Morgan fingerprint density at radius 1 is 1.21 bits per heavy atom. The molecule has 1 heterocycles. The molecule has 0 radical (unpaired) electrons. The number of carbonyl (C=O) groups excluding carboxylic acids is 1. The molecule has 0 bridgehead atoms. The molecule has 152 valence electrons. The fourth-order valence-corrected chi connectivity index (χ4v) is 2.92. The maximum absolute atomic E-state index is 14.3. The number of rotatable bonds is 4. The van der Waals surface area contributed by atoms with E-state index in [1.165, 1.54) is 6.07 Å². The van der Waals surface area contributed by atoms with E-state index in [9.17, 15) is 14.0 Å². The minimum atomic E-state index is -0.603. The van der Waals surface area contributed by atoms with Gasteiger partial charge in [-0.15, -0.1) is 5.10 Å². The van der Waals surface area contributed by atoms with Gasteiger partial charge in [0.2, 0.25) is 5.91 Å². The maximum atomic E-state index is 14.3. The van der Waals surface area contributed by atoms with Crippen molar-refractivity contribution in [2.24, 2.45) is 5.41 Å². The minimum absolute atomic E-state index is 0.0196. The van der Waals surface area contributed by atoms with E-state index in [1.54, 1.807) is 45.0 Å². The highest BCUT2D eigenvalue weighted by molar-refractivity contribution is 6.33. The Hall–Kier alpha value is -2.64. The zero-order chi connectivity index (χ0) is 21.3. The van der Waals surface area contributed by atoms with Crippen molar-refractivity contribution in [3.05, 3.63) is 68.3 Å². The van der Waals surface area contributed by atoms with Gasteiger partial charge in [0.05, 0.1) is 10.7 Å². The van der Waals surface area contributed by atoms with Crippen LogP contribution in [0.2, 0.25) is 10.0 Å². The molecule has 29 heavy (non-hydrogen) atoms. The number of benzene rings is 2. The zero-order valence-corrected chi connectivity index (χ0v) is 17.5. The number of carbonyl (C=O) groups is 1. The van der Waals surface area contributed by atoms with Gasteiger partial charge in [-0.05, 0) is 36.4 Å². The SMILES string of the molecule is CC(C)(C)C(=O)NCc1cc(-c2nn(-c3ccc(Cl)cc3)c(=O)[nH]2)c(Cl)cc1F. The van der Waals surface area contributed by atoms with Gasteiger partial charge in [-0.3, -0.25) is 9.78 Å². The Bertz CT molecular complexity index is 1110. The predicted molar refractivity (Wildman–Crippen MR) is 111 cm³/mol. The Kier molecular flexibility index (Phi) is 5.82. The number of hydrogen-bond acceptors (Lipinski definition) is 3. The van der Waals surface area contributed by atoms with E-state index in [1.807, 2.05) is 0 Å². The molecule has 0 fully saturated rings. The summed E-state index contributed by atoms with van der Waals surface area (Å²) in [5.74, 6) is -0.598. The van der Waals surface area contributed by atoms with Crippen LogP contribution in [0.4, 0.5) is 4.39 Å². The van der Waals surface area contributed by atoms with Crippen LogP contribution in [0.25, 0.3) is 17.1 Å². The third-order valence-electron chi connectivity index (χ3n) is 4.20. The number of amides is 1. The summed E-state index contributed by atoms with van der Waals surface area (Å²) < 4.78 is 15.5. The van der Waals surface area contributed by atoms with Gasteiger partial charge in [0.25, 0.3) is 0 Å². The second-order valence-electron chi connectivity index (χ2n) is 7.52. The smallest absolute Gasteiger partial charge is 0.348 e. The Labute approximate surface area is 176 Å². The van der Waals surface area contributed by atoms with Gasteiger partial charge in [-0.1, -0.05) is 44.0 Å². The molecular weight excluding hydrogens is 418 g/mol. The maximum Gasteiger partial charge on any atom is 0.348 e. The van der Waals surface area contributed by atoms with Crippen LogP contribution >= 0.6 is 23.2 Å². The van der Waals surface area contributed by atoms with E-state index >= 15 is 0 Å². The molecule has 2 aromatic carbocycles. The Morgan fingerprint density at radius 2 is 1.86 bits per heavy atom. The largest absolute Gasteiger partial charge is 0.351 e. The summed E-state index contributed by atoms with van der Waals surface area (Å²) in [6.07, 6.45) is 0. The van der Waals surface area contributed by atoms with E-state index in [0.717, 1.165) is 10.7 Å². The third kappa shape index (κ3) is 4.68. The van der Waals surface area contributed by atoms with E-state index < -0.39 is 16.9 Å². The number of nitrogens with one attached hydrogen (secondary N) is 2. The average Bonchev–Trinajstić information content (AvgIpc) is 3.02. The van der Waals surface area contributed by atoms with Crippen molar-refractivity contribution >= 4 is 29.1 Å². The molecule has 1 aromatic heterocycles. The molecule has 0 atom stereocenters. The summed E-state index contributed by atoms with van der Waals surface area (Å²) >= 11 is 12.1. The molecule has 1 amide bonds. The van der Waals surface area contributed by atoms with E-state index in [-0.39, 0.29) is 28.9 Å². The highest BCUT2D eigenvalue weighted by atomic mass is 35.5. The van der Waals surface area contributed by atoms with Gasteiger partial charge in [0.15, 0.2) is 5.82 Å². The van der Waals surface area contributed by atoms with Crippen LogP contribution in [0.15, 0.2) is 41.2 Å². The molecule has 0 aliphatic carbocycles. The molecule has 0 saturated carbocycles. The highest BCUT2D eigenvalue weighted by Gasteiger charge is 2.22. The third-order valence-corrected chi connectivity index (χ3v) is 4.77. The highest BCUT2D eigenvalue weighted by Crippen LogP contribution is 2.28. The van der Waals surface area contributed by atoms with Crippen molar-refractivity contribution in [3.8, 4) is 17.1 Å². The lowest BCUT2D eigenvalue weighted by Gasteiger charge is -2.18. The van der Waals surface area contributed by atoms with E-state index in [0.29, 0.717) is 16.3 Å². The van der Waals surface area contributed by atoms with Crippen LogP contribution in [-0.2, 0) is 11.3 Å². The molecule has 3 aromatic rings. The Morgan fingerprint density at radius 3 is 2.48 bits per heavy atom. The summed E-state index contributed by atoms with van der Waals surface area (Å²) in [5.41, 5.74) is -0.00112. The van der Waals surface area contributed by atoms with E-state index in [4.69, 9.17) is 23.2 Å². The Balaban J connectivity index is 1.95. The van der Waals surface area contributed by atoms with Crippen molar-refractivity contribution in [2.75, 3.05) is 0 Å². The molecule has 0 aliphatic heterocycles. The number of nitrogens with zero attached hydrogens (tertiary/aromatic N) is 2. The van der Waals surface area contributed by atoms with Crippen LogP contribution in [0, 0.1) is 11.2 Å². The van der Waals surface area contributed by atoms with Crippen LogP contribution in [0.1, 0.15) is 26.3 Å². The first-order chi connectivity index (χ1) is 13.6. The zero-order valence-electron chi connectivity index (χ0n) is 16.0. The van der Waals surface area contributed by atoms with Crippen LogP contribution in [-0.4, -0.2) is 20.7 Å². The van der Waals surface area contributed by atoms with Crippen molar-refractivity contribution in [3.63, 3.8) is 0 Å². The number of hydrogen-bond donors (Lipinski definition) is 2. The monoisotopic (exact) mass is 436 g/mol. The first-order valence-electron chi connectivity index (χ1n) is 8.78. The van der Waals surface area contributed by atoms with E-state index in [2.05, 4.69) is 15.4 Å². The quantitative estimate of drug-likeness (QED) is 0.638. The second kappa shape index (κ2) is 8.00. The molecule has 9 heteroatoms. The molecule has 3 rings (SSSR count). The number of H-pyrrole nitrogens is 1. The molecule has 6 nitrogen and oxygen atoms in total. The number of aromatic amines is 1. The molecule has 2 N–H and O–H groups in total. The van der Waals surface area contributed by atoms with Crippen molar-refractivity contribution < 1.29 is 9.18 Å². The summed E-state index contributed by atoms with van der Waals surface area (Å²) in [6, 6.07) is 9.17. The normalized spacial score (nSPS) is 11.5.